The molecule has 0 saturated carbocycles. The van der Waals surface area contributed by atoms with Gasteiger partial charge in [-0.3, -0.25) is 0 Å². The molecule has 0 bridgehead atoms. The van der Waals surface area contributed by atoms with Gasteiger partial charge in [-0.2, -0.15) is 0 Å². The monoisotopic (exact) mass is 328 g/mol. The smallest absolute Gasteiger partial charge is 0.142 e. The Morgan fingerprint density at radius 1 is 1.17 bits per heavy atom. The summed E-state index contributed by atoms with van der Waals surface area (Å²) in [5.74, 6) is 0.158. The third-order valence-electron chi connectivity index (χ3n) is 3.88. The minimum Gasteiger partial charge on any atom is -0.456 e. The van der Waals surface area contributed by atoms with Gasteiger partial charge in [0.2, 0.25) is 0 Å². The Kier molecular flexibility index (Phi) is 4.66. The summed E-state index contributed by atoms with van der Waals surface area (Å²) in [4.78, 5) is 0. The topological polar surface area (TPSA) is 71.4 Å². The zero-order chi connectivity index (χ0) is 17.3. The molecule has 3 aromatic rings. The summed E-state index contributed by atoms with van der Waals surface area (Å²) in [6, 6.07) is 12.7. The van der Waals surface area contributed by atoms with Crippen molar-refractivity contribution < 1.29 is 13.9 Å². The molecule has 0 radical (unpaired) electrons. The molecule has 126 valence electrons. The molecule has 0 saturated heterocycles. The normalized spacial score (nSPS) is 12.9. The summed E-state index contributed by atoms with van der Waals surface area (Å²) >= 11 is 0. The first-order valence-electron chi connectivity index (χ1n) is 7.93. The van der Waals surface area contributed by atoms with Crippen LogP contribution in [0.3, 0.4) is 0 Å². The maximum Gasteiger partial charge on any atom is 0.142 e. The van der Waals surface area contributed by atoms with Gasteiger partial charge in [0.1, 0.15) is 23.4 Å². The van der Waals surface area contributed by atoms with Gasteiger partial charge in [0.05, 0.1) is 0 Å². The van der Waals surface area contributed by atoms with Gasteiger partial charge < -0.3 is 20.6 Å². The van der Waals surface area contributed by atoms with Crippen LogP contribution in [0.15, 0.2) is 46.9 Å². The fraction of sp³-hybridized carbons (Fsp3) is 0.263. The van der Waals surface area contributed by atoms with Crippen molar-refractivity contribution in [1.29, 1.82) is 0 Å². The summed E-state index contributed by atoms with van der Waals surface area (Å²) in [6.45, 7) is 5.00. The lowest BCUT2D eigenvalue weighted by Gasteiger charge is -2.08. The second-order valence-electron chi connectivity index (χ2n) is 6.20. The van der Waals surface area contributed by atoms with Crippen molar-refractivity contribution in [3.05, 3.63) is 59.4 Å². The highest BCUT2D eigenvalue weighted by Crippen LogP contribution is 2.32. The summed E-state index contributed by atoms with van der Waals surface area (Å²) in [6.07, 6.45) is -1.29. The minimum absolute atomic E-state index is 0.244. The average Bonchev–Trinajstić information content (AvgIpc) is 2.96. The molecule has 0 amide bonds. The molecule has 24 heavy (non-hydrogen) atoms. The predicted molar refractivity (Wildman–Crippen MR) is 92.7 cm³/mol. The Bertz CT molecular complexity index is 838. The zero-order valence-corrected chi connectivity index (χ0v) is 13.7. The van der Waals surface area contributed by atoms with Gasteiger partial charge in [-0.1, -0.05) is 38.1 Å². The summed E-state index contributed by atoms with van der Waals surface area (Å²) in [5, 5.41) is 13.6. The molecule has 3 rings (SSSR count). The number of halogens is 1. The molecule has 1 unspecified atom stereocenters. The van der Waals surface area contributed by atoms with E-state index in [9.17, 15) is 9.50 Å². The Morgan fingerprint density at radius 3 is 2.50 bits per heavy atom. The van der Waals surface area contributed by atoms with E-state index in [2.05, 4.69) is 19.2 Å². The standard InChI is InChI=1S/C19H21FN2O2/c1-11(2)22-10-12-3-5-13(6-4-12)17-8-14-7-15(20)9-16(19(21)23)18(14)24-17/h3-9,11,19,22-23H,10,21H2,1-2H3. The molecule has 0 aliphatic heterocycles. The van der Waals surface area contributed by atoms with Crippen LogP contribution in [0.5, 0.6) is 0 Å². The lowest BCUT2D eigenvalue weighted by molar-refractivity contribution is 0.186. The van der Waals surface area contributed by atoms with E-state index in [-0.39, 0.29) is 5.56 Å². The molecule has 0 aliphatic carbocycles. The maximum atomic E-state index is 13.7. The van der Waals surface area contributed by atoms with Crippen LogP contribution in [0, 0.1) is 5.82 Å². The van der Waals surface area contributed by atoms with Crippen molar-refractivity contribution in [2.75, 3.05) is 0 Å². The van der Waals surface area contributed by atoms with Crippen molar-refractivity contribution in [3.8, 4) is 11.3 Å². The fourth-order valence-corrected chi connectivity index (χ4v) is 2.61. The number of hydrogen-bond acceptors (Lipinski definition) is 4. The second kappa shape index (κ2) is 6.73. The van der Waals surface area contributed by atoms with Gasteiger partial charge in [0, 0.05) is 29.1 Å². The van der Waals surface area contributed by atoms with E-state index in [0.29, 0.717) is 22.8 Å². The van der Waals surface area contributed by atoms with E-state index in [1.807, 2.05) is 24.3 Å². The van der Waals surface area contributed by atoms with E-state index >= 15 is 0 Å². The van der Waals surface area contributed by atoms with Crippen LogP contribution in [-0.4, -0.2) is 11.1 Å². The molecule has 0 fully saturated rings. The number of furan rings is 1. The molecule has 0 aliphatic rings. The van der Waals surface area contributed by atoms with Crippen molar-refractivity contribution >= 4 is 11.0 Å². The maximum absolute atomic E-state index is 13.7. The van der Waals surface area contributed by atoms with Crippen LogP contribution < -0.4 is 11.1 Å². The van der Waals surface area contributed by atoms with Gasteiger partial charge in [0.25, 0.3) is 0 Å². The number of rotatable bonds is 5. The van der Waals surface area contributed by atoms with Crippen LogP contribution in [0.4, 0.5) is 4.39 Å². The number of fused-ring (bicyclic) bond motifs is 1. The van der Waals surface area contributed by atoms with Gasteiger partial charge in [-0.15, -0.1) is 0 Å². The molecule has 2 aromatic carbocycles. The highest BCUT2D eigenvalue weighted by molar-refractivity contribution is 5.85. The number of benzene rings is 2. The molecule has 1 atom stereocenters. The summed E-state index contributed by atoms with van der Waals surface area (Å²) < 4.78 is 19.5. The number of nitrogens with two attached hydrogens (primary N) is 1. The van der Waals surface area contributed by atoms with Crippen molar-refractivity contribution in [2.24, 2.45) is 5.73 Å². The first-order valence-corrected chi connectivity index (χ1v) is 7.93. The Balaban J connectivity index is 1.93. The largest absolute Gasteiger partial charge is 0.456 e. The zero-order valence-electron chi connectivity index (χ0n) is 13.7. The molecular formula is C19H21FN2O2. The first kappa shape index (κ1) is 16.6. The highest BCUT2D eigenvalue weighted by Gasteiger charge is 2.15. The highest BCUT2D eigenvalue weighted by atomic mass is 19.1. The number of nitrogens with one attached hydrogen (secondary N) is 1. The number of aliphatic hydroxyl groups is 1. The second-order valence-corrected chi connectivity index (χ2v) is 6.20. The molecular weight excluding hydrogens is 307 g/mol. The lowest BCUT2D eigenvalue weighted by atomic mass is 10.1. The van der Waals surface area contributed by atoms with Crippen LogP contribution in [0.1, 0.15) is 31.2 Å². The van der Waals surface area contributed by atoms with Crippen LogP contribution in [-0.2, 0) is 6.54 Å². The predicted octanol–water partition coefficient (Wildman–Crippen LogP) is 3.69. The SMILES string of the molecule is CC(C)NCc1ccc(-c2cc3cc(F)cc(C(N)O)c3o2)cc1. The van der Waals surface area contributed by atoms with Crippen molar-refractivity contribution in [1.82, 2.24) is 5.32 Å². The van der Waals surface area contributed by atoms with E-state index in [0.717, 1.165) is 12.1 Å². The quantitative estimate of drug-likeness (QED) is 0.625. The fourth-order valence-electron chi connectivity index (χ4n) is 2.61. The van der Waals surface area contributed by atoms with E-state index in [1.165, 1.54) is 17.7 Å². The third-order valence-corrected chi connectivity index (χ3v) is 3.88. The number of hydrogen-bond donors (Lipinski definition) is 3. The van der Waals surface area contributed by atoms with Crippen LogP contribution in [0.25, 0.3) is 22.3 Å². The Morgan fingerprint density at radius 2 is 1.88 bits per heavy atom. The molecule has 4 N–H and O–H groups in total. The van der Waals surface area contributed by atoms with Crippen molar-refractivity contribution in [2.45, 2.75) is 32.7 Å². The molecule has 5 heteroatoms. The number of aliphatic hydroxyl groups excluding tert-OH is 1. The summed E-state index contributed by atoms with van der Waals surface area (Å²) in [7, 11) is 0. The average molecular weight is 328 g/mol. The van der Waals surface area contributed by atoms with Gasteiger partial charge in [0.15, 0.2) is 0 Å². The van der Waals surface area contributed by atoms with Gasteiger partial charge >= 0.3 is 0 Å². The summed E-state index contributed by atoms with van der Waals surface area (Å²) in [5.41, 5.74) is 8.21. The van der Waals surface area contributed by atoms with E-state index in [4.69, 9.17) is 10.2 Å². The van der Waals surface area contributed by atoms with Crippen LogP contribution >= 0.6 is 0 Å². The molecule has 0 spiro atoms. The van der Waals surface area contributed by atoms with Gasteiger partial charge in [-0.05, 0) is 23.8 Å². The van der Waals surface area contributed by atoms with E-state index in [1.54, 1.807) is 6.07 Å². The van der Waals surface area contributed by atoms with E-state index < -0.39 is 12.0 Å². The van der Waals surface area contributed by atoms with Crippen LogP contribution in [0.2, 0.25) is 0 Å². The Hall–Kier alpha value is -2.21. The molecule has 4 nitrogen and oxygen atoms in total. The lowest BCUT2D eigenvalue weighted by Crippen LogP contribution is -2.21. The van der Waals surface area contributed by atoms with Gasteiger partial charge in [-0.25, -0.2) is 4.39 Å². The van der Waals surface area contributed by atoms with Crippen molar-refractivity contribution in [3.63, 3.8) is 0 Å². The first-order chi connectivity index (χ1) is 11.4. The molecule has 1 heterocycles. The molecule has 1 aromatic heterocycles. The third kappa shape index (κ3) is 3.48. The minimum atomic E-state index is -1.29. The Labute approximate surface area is 140 Å².